The molecule has 0 radical (unpaired) electrons. The first-order chi connectivity index (χ1) is 14.5. The Kier molecular flexibility index (Phi) is 5.55. The summed E-state index contributed by atoms with van der Waals surface area (Å²) in [7, 11) is 1.51. The summed E-state index contributed by atoms with van der Waals surface area (Å²) < 4.78 is 5.24. The van der Waals surface area contributed by atoms with Crippen LogP contribution in [0.15, 0.2) is 59.6 Å². The SMILES string of the molecule is COc1ccccc1C(=O)CC1N=C(N2CCC(O)(c3ccccc3)CC2)NC1=O. The first-order valence-corrected chi connectivity index (χ1v) is 10.1. The summed E-state index contributed by atoms with van der Waals surface area (Å²) in [5, 5.41) is 13.8. The first-order valence-electron chi connectivity index (χ1n) is 10.1. The molecular weight excluding hydrogens is 382 g/mol. The molecule has 2 heterocycles. The number of carbonyl (C=O) groups excluding carboxylic acids is 2. The number of benzene rings is 2. The van der Waals surface area contributed by atoms with E-state index in [-0.39, 0.29) is 18.1 Å². The molecule has 2 aromatic rings. The molecule has 0 aromatic heterocycles. The van der Waals surface area contributed by atoms with E-state index in [1.165, 1.54) is 7.11 Å². The summed E-state index contributed by atoms with van der Waals surface area (Å²) in [5.74, 6) is 0.501. The van der Waals surface area contributed by atoms with Crippen LogP contribution in [0.25, 0.3) is 0 Å². The van der Waals surface area contributed by atoms with Crippen molar-refractivity contribution in [2.75, 3.05) is 20.2 Å². The van der Waals surface area contributed by atoms with E-state index in [0.29, 0.717) is 43.2 Å². The number of amides is 1. The minimum absolute atomic E-state index is 0.0164. The summed E-state index contributed by atoms with van der Waals surface area (Å²) in [4.78, 5) is 31.5. The molecule has 1 fully saturated rings. The number of para-hydroxylation sites is 1. The zero-order valence-corrected chi connectivity index (χ0v) is 16.9. The van der Waals surface area contributed by atoms with Gasteiger partial charge in [-0.2, -0.15) is 0 Å². The van der Waals surface area contributed by atoms with Gasteiger partial charge in [-0.15, -0.1) is 0 Å². The highest BCUT2D eigenvalue weighted by molar-refractivity contribution is 6.08. The van der Waals surface area contributed by atoms with Gasteiger partial charge in [-0.1, -0.05) is 42.5 Å². The molecular formula is C23H25N3O4. The topological polar surface area (TPSA) is 91.2 Å². The molecule has 0 aliphatic carbocycles. The van der Waals surface area contributed by atoms with Crippen LogP contribution in [0, 0.1) is 0 Å². The lowest BCUT2D eigenvalue weighted by molar-refractivity contribution is -0.120. The second-order valence-electron chi connectivity index (χ2n) is 7.67. The lowest BCUT2D eigenvalue weighted by Gasteiger charge is -2.39. The van der Waals surface area contributed by atoms with Crippen molar-refractivity contribution in [3.05, 3.63) is 65.7 Å². The number of piperidine rings is 1. The normalized spacial score (nSPS) is 20.5. The zero-order chi connectivity index (χ0) is 21.1. The third kappa shape index (κ3) is 3.93. The van der Waals surface area contributed by atoms with E-state index in [4.69, 9.17) is 4.74 Å². The van der Waals surface area contributed by atoms with Crippen LogP contribution in [0.5, 0.6) is 5.75 Å². The average Bonchev–Trinajstić information content (AvgIpc) is 3.14. The van der Waals surface area contributed by atoms with Crippen molar-refractivity contribution in [3.63, 3.8) is 0 Å². The minimum Gasteiger partial charge on any atom is -0.496 e. The average molecular weight is 407 g/mol. The molecule has 1 atom stereocenters. The van der Waals surface area contributed by atoms with Gasteiger partial charge in [0.1, 0.15) is 11.8 Å². The van der Waals surface area contributed by atoms with E-state index >= 15 is 0 Å². The Morgan fingerprint density at radius 1 is 1.17 bits per heavy atom. The van der Waals surface area contributed by atoms with Crippen LogP contribution in [-0.4, -0.2) is 53.9 Å². The number of aliphatic hydroxyl groups is 1. The fourth-order valence-corrected chi connectivity index (χ4v) is 4.02. The van der Waals surface area contributed by atoms with E-state index < -0.39 is 11.6 Å². The number of aliphatic imine (C=N–C) groups is 1. The van der Waals surface area contributed by atoms with Crippen LogP contribution in [0.2, 0.25) is 0 Å². The number of ketones is 1. The lowest BCUT2D eigenvalue weighted by Crippen LogP contribution is -2.49. The number of guanidine groups is 1. The Labute approximate surface area is 175 Å². The highest BCUT2D eigenvalue weighted by Gasteiger charge is 2.38. The van der Waals surface area contributed by atoms with Crippen LogP contribution in [-0.2, 0) is 10.4 Å². The predicted molar refractivity (Wildman–Crippen MR) is 112 cm³/mol. The third-order valence-corrected chi connectivity index (χ3v) is 5.80. The molecule has 0 saturated carbocycles. The Hall–Kier alpha value is -3.19. The molecule has 2 aliphatic heterocycles. The maximum absolute atomic E-state index is 12.7. The van der Waals surface area contributed by atoms with Crippen molar-refractivity contribution in [1.82, 2.24) is 10.2 Å². The number of rotatable bonds is 5. The molecule has 1 saturated heterocycles. The van der Waals surface area contributed by atoms with Gasteiger partial charge in [0.15, 0.2) is 5.78 Å². The van der Waals surface area contributed by atoms with Crippen LogP contribution in [0.4, 0.5) is 0 Å². The van der Waals surface area contributed by atoms with E-state index in [1.54, 1.807) is 24.3 Å². The monoisotopic (exact) mass is 407 g/mol. The fraction of sp³-hybridized carbons (Fsp3) is 0.348. The summed E-state index contributed by atoms with van der Waals surface area (Å²) in [5.41, 5.74) is 0.477. The molecule has 30 heavy (non-hydrogen) atoms. The Morgan fingerprint density at radius 2 is 1.83 bits per heavy atom. The van der Waals surface area contributed by atoms with Crippen molar-refractivity contribution in [3.8, 4) is 5.75 Å². The number of carbonyl (C=O) groups is 2. The van der Waals surface area contributed by atoms with Crippen molar-refractivity contribution < 1.29 is 19.4 Å². The zero-order valence-electron chi connectivity index (χ0n) is 16.9. The van der Waals surface area contributed by atoms with Crippen LogP contribution >= 0.6 is 0 Å². The molecule has 2 aliphatic rings. The molecule has 0 spiro atoms. The number of hydrogen-bond donors (Lipinski definition) is 2. The van der Waals surface area contributed by atoms with Gasteiger partial charge in [0, 0.05) is 19.5 Å². The Bertz CT molecular complexity index is 965. The number of nitrogens with zero attached hydrogens (tertiary/aromatic N) is 2. The molecule has 7 nitrogen and oxygen atoms in total. The lowest BCUT2D eigenvalue weighted by atomic mass is 9.84. The number of methoxy groups -OCH3 is 1. The molecule has 4 rings (SSSR count). The fourth-order valence-electron chi connectivity index (χ4n) is 4.02. The first kappa shape index (κ1) is 20.1. The van der Waals surface area contributed by atoms with E-state index in [1.807, 2.05) is 35.2 Å². The number of nitrogens with one attached hydrogen (secondary N) is 1. The smallest absolute Gasteiger partial charge is 0.252 e. The third-order valence-electron chi connectivity index (χ3n) is 5.80. The molecule has 1 amide bonds. The number of hydrogen-bond acceptors (Lipinski definition) is 6. The maximum Gasteiger partial charge on any atom is 0.252 e. The van der Waals surface area contributed by atoms with Crippen LogP contribution in [0.1, 0.15) is 35.2 Å². The van der Waals surface area contributed by atoms with Gasteiger partial charge in [-0.3, -0.25) is 14.9 Å². The van der Waals surface area contributed by atoms with Crippen molar-refractivity contribution >= 4 is 17.6 Å². The van der Waals surface area contributed by atoms with Crippen molar-refractivity contribution in [1.29, 1.82) is 0 Å². The summed E-state index contributed by atoms with van der Waals surface area (Å²) >= 11 is 0. The van der Waals surface area contributed by atoms with E-state index in [0.717, 1.165) is 5.56 Å². The molecule has 1 unspecified atom stereocenters. The predicted octanol–water partition coefficient (Wildman–Crippen LogP) is 2.11. The summed E-state index contributed by atoms with van der Waals surface area (Å²) in [6, 6.07) is 15.8. The molecule has 0 bridgehead atoms. The highest BCUT2D eigenvalue weighted by atomic mass is 16.5. The highest BCUT2D eigenvalue weighted by Crippen LogP contribution is 2.33. The standard InChI is InChI=1S/C23H25N3O4/c1-30-20-10-6-5-9-17(20)19(27)15-18-21(28)25-22(24-18)26-13-11-23(29,12-14-26)16-7-3-2-4-8-16/h2-10,18,29H,11-15H2,1H3,(H,24,25,28). The number of likely N-dealkylation sites (tertiary alicyclic amines) is 1. The minimum atomic E-state index is -0.875. The van der Waals surface area contributed by atoms with Gasteiger partial charge in [0.25, 0.3) is 5.91 Å². The van der Waals surface area contributed by atoms with Gasteiger partial charge in [-0.25, -0.2) is 4.99 Å². The quantitative estimate of drug-likeness (QED) is 0.741. The molecule has 156 valence electrons. The van der Waals surface area contributed by atoms with Gasteiger partial charge < -0.3 is 14.7 Å². The van der Waals surface area contributed by atoms with Crippen molar-refractivity contribution in [2.45, 2.75) is 30.9 Å². The second-order valence-corrected chi connectivity index (χ2v) is 7.67. The summed E-state index contributed by atoms with van der Waals surface area (Å²) in [6.45, 7) is 1.13. The molecule has 2 N–H and O–H groups in total. The molecule has 7 heteroatoms. The number of ether oxygens (including phenoxy) is 1. The second kappa shape index (κ2) is 8.28. The van der Waals surface area contributed by atoms with Crippen molar-refractivity contribution in [2.24, 2.45) is 4.99 Å². The molecule has 2 aromatic carbocycles. The summed E-state index contributed by atoms with van der Waals surface area (Å²) in [6.07, 6.45) is 1.06. The largest absolute Gasteiger partial charge is 0.496 e. The Balaban J connectivity index is 1.41. The van der Waals surface area contributed by atoms with Crippen LogP contribution < -0.4 is 10.1 Å². The van der Waals surface area contributed by atoms with Gasteiger partial charge in [-0.05, 0) is 30.5 Å². The maximum atomic E-state index is 12.7. The number of Topliss-reactive ketones (excluding diaryl/α,β-unsaturated/α-hetero) is 1. The van der Waals surface area contributed by atoms with Gasteiger partial charge >= 0.3 is 0 Å². The van der Waals surface area contributed by atoms with Crippen LogP contribution in [0.3, 0.4) is 0 Å². The Morgan fingerprint density at radius 3 is 2.53 bits per heavy atom. The van der Waals surface area contributed by atoms with Gasteiger partial charge in [0.2, 0.25) is 5.96 Å². The van der Waals surface area contributed by atoms with E-state index in [2.05, 4.69) is 10.3 Å². The van der Waals surface area contributed by atoms with Gasteiger partial charge in [0.05, 0.1) is 18.3 Å². The van der Waals surface area contributed by atoms with E-state index in [9.17, 15) is 14.7 Å².